The van der Waals surface area contributed by atoms with Gasteiger partial charge in [0, 0.05) is 37.2 Å². The minimum Gasteiger partial charge on any atom is -0.339 e. The van der Waals surface area contributed by atoms with Gasteiger partial charge in [-0.1, -0.05) is 11.6 Å². The zero-order valence-corrected chi connectivity index (χ0v) is 19.0. The first kappa shape index (κ1) is 21.4. The number of nitrogens with one attached hydrogen (secondary N) is 4. The van der Waals surface area contributed by atoms with Gasteiger partial charge in [-0.25, -0.2) is 9.78 Å². The first-order valence-electron chi connectivity index (χ1n) is 10.9. The number of fused-ring (bicyclic) bond motifs is 6. The number of rotatable bonds is 2. The van der Waals surface area contributed by atoms with Crippen LogP contribution in [-0.2, 0) is 12.8 Å². The van der Waals surface area contributed by atoms with Crippen molar-refractivity contribution in [1.82, 2.24) is 25.2 Å². The van der Waals surface area contributed by atoms with E-state index in [4.69, 9.17) is 11.6 Å². The number of likely N-dealkylation sites (N-methyl/N-ethyl adjacent to an activating group) is 1. The largest absolute Gasteiger partial charge is 0.339 e. The molecule has 4 N–H and O–H groups in total. The summed E-state index contributed by atoms with van der Waals surface area (Å²) in [7, 11) is 1.84. The van der Waals surface area contributed by atoms with E-state index in [0.29, 0.717) is 16.8 Å². The van der Waals surface area contributed by atoms with E-state index in [2.05, 4.69) is 36.2 Å². The average Bonchev–Trinajstić information content (AvgIpc) is 3.35. The third-order valence-corrected chi connectivity index (χ3v) is 6.27. The Morgan fingerprint density at radius 3 is 2.91 bits per heavy atom. The molecule has 4 heterocycles. The van der Waals surface area contributed by atoms with Crippen LogP contribution in [0.1, 0.15) is 17.5 Å². The molecular weight excluding hydrogens is 440 g/mol. The summed E-state index contributed by atoms with van der Waals surface area (Å²) in [5, 5.41) is 13.3. The summed E-state index contributed by atoms with van der Waals surface area (Å²) < 4.78 is 0. The molecule has 9 nitrogen and oxygen atoms in total. The summed E-state index contributed by atoms with van der Waals surface area (Å²) in [4.78, 5) is 27.8. The standard InChI is InChI=1S/C23H25ClN8O/c1-32(18-6-7-25-12-18)23(33)30-20-5-4-16-9-15(20)3-2-14-8-17(11-26-10-14)29-22-27-13-19(24)21(28-16)31-22/h4-5,8-11,13,18,25H,2-3,6-7,12H2,1H3,(H,30,33)(H2,27,28,29,31). The number of carbonyl (C=O) groups excluding carboxylic acids is 1. The van der Waals surface area contributed by atoms with Crippen LogP contribution in [0, 0.1) is 0 Å². The maximum atomic E-state index is 12.9. The molecular formula is C23H25ClN8O. The molecule has 6 bridgehead atoms. The van der Waals surface area contributed by atoms with E-state index in [1.807, 2.05) is 37.5 Å². The van der Waals surface area contributed by atoms with Gasteiger partial charge in [0.2, 0.25) is 5.95 Å². The average molecular weight is 465 g/mol. The van der Waals surface area contributed by atoms with Gasteiger partial charge >= 0.3 is 6.03 Å². The van der Waals surface area contributed by atoms with Crippen LogP contribution >= 0.6 is 11.6 Å². The van der Waals surface area contributed by atoms with Crippen molar-refractivity contribution in [2.45, 2.75) is 25.3 Å². The summed E-state index contributed by atoms with van der Waals surface area (Å²) in [6.07, 6.45) is 7.57. The lowest BCUT2D eigenvalue weighted by molar-refractivity contribution is 0.207. The molecule has 1 unspecified atom stereocenters. The molecule has 3 aromatic rings. The van der Waals surface area contributed by atoms with Crippen LogP contribution in [0.25, 0.3) is 0 Å². The molecule has 1 saturated heterocycles. The van der Waals surface area contributed by atoms with Gasteiger partial charge in [0.15, 0.2) is 5.82 Å². The van der Waals surface area contributed by atoms with Crippen molar-refractivity contribution in [1.29, 1.82) is 0 Å². The van der Waals surface area contributed by atoms with Gasteiger partial charge in [0.25, 0.3) is 0 Å². The molecule has 5 rings (SSSR count). The molecule has 0 radical (unpaired) electrons. The van der Waals surface area contributed by atoms with Crippen LogP contribution < -0.4 is 21.3 Å². The Balaban J connectivity index is 1.47. The molecule has 2 amide bonds. The Hall–Kier alpha value is -3.43. The van der Waals surface area contributed by atoms with E-state index in [0.717, 1.165) is 60.5 Å². The number of urea groups is 1. The molecule has 2 aliphatic rings. The van der Waals surface area contributed by atoms with Crippen LogP contribution in [-0.4, -0.2) is 52.1 Å². The molecule has 0 saturated carbocycles. The van der Waals surface area contributed by atoms with Crippen molar-refractivity contribution in [2.75, 3.05) is 36.1 Å². The van der Waals surface area contributed by atoms with E-state index in [1.165, 1.54) is 0 Å². The van der Waals surface area contributed by atoms with Crippen molar-refractivity contribution in [3.63, 3.8) is 0 Å². The minimum atomic E-state index is -0.111. The number of pyridine rings is 1. The predicted octanol–water partition coefficient (Wildman–Crippen LogP) is 3.94. The van der Waals surface area contributed by atoms with Crippen molar-refractivity contribution in [3.05, 3.63) is 59.0 Å². The molecule has 33 heavy (non-hydrogen) atoms. The summed E-state index contributed by atoms with van der Waals surface area (Å²) >= 11 is 6.33. The van der Waals surface area contributed by atoms with Gasteiger partial charge < -0.3 is 26.2 Å². The highest BCUT2D eigenvalue weighted by Crippen LogP contribution is 2.29. The van der Waals surface area contributed by atoms with E-state index >= 15 is 0 Å². The summed E-state index contributed by atoms with van der Waals surface area (Å²) in [6, 6.07) is 7.96. The molecule has 2 aromatic heterocycles. The van der Waals surface area contributed by atoms with E-state index in [1.54, 1.807) is 17.3 Å². The maximum absolute atomic E-state index is 12.9. The highest BCUT2D eigenvalue weighted by atomic mass is 35.5. The molecule has 2 aliphatic heterocycles. The fraction of sp³-hybridized carbons (Fsp3) is 0.304. The molecule has 0 spiro atoms. The second-order valence-electron chi connectivity index (χ2n) is 8.28. The summed E-state index contributed by atoms with van der Waals surface area (Å²) in [6.45, 7) is 1.75. The van der Waals surface area contributed by atoms with Gasteiger partial charge in [-0.3, -0.25) is 4.98 Å². The summed E-state index contributed by atoms with van der Waals surface area (Å²) in [5.41, 5.74) is 4.49. The quantitative estimate of drug-likeness (QED) is 0.455. The van der Waals surface area contributed by atoms with Crippen molar-refractivity contribution < 1.29 is 4.79 Å². The number of aryl methyl sites for hydroxylation is 2. The predicted molar refractivity (Wildman–Crippen MR) is 130 cm³/mol. The Bertz CT molecular complexity index is 1180. The monoisotopic (exact) mass is 464 g/mol. The number of nitrogens with zero attached hydrogens (tertiary/aromatic N) is 4. The number of carbonyl (C=O) groups is 1. The van der Waals surface area contributed by atoms with Crippen molar-refractivity contribution >= 4 is 46.5 Å². The number of benzene rings is 1. The lowest BCUT2D eigenvalue weighted by Gasteiger charge is -2.25. The normalized spacial score (nSPS) is 17.0. The number of aromatic nitrogens is 3. The Kier molecular flexibility index (Phi) is 5.97. The van der Waals surface area contributed by atoms with Crippen LogP contribution in [0.15, 0.2) is 42.9 Å². The first-order valence-corrected chi connectivity index (χ1v) is 11.3. The third-order valence-electron chi connectivity index (χ3n) is 5.99. The zero-order valence-electron chi connectivity index (χ0n) is 18.2. The van der Waals surface area contributed by atoms with Gasteiger partial charge in [-0.05, 0) is 61.2 Å². The topological polar surface area (TPSA) is 107 Å². The van der Waals surface area contributed by atoms with E-state index in [-0.39, 0.29) is 12.1 Å². The molecule has 10 heteroatoms. The highest BCUT2D eigenvalue weighted by Gasteiger charge is 2.23. The SMILES string of the molecule is CN(C(=O)Nc1ccc2cc1CCc1cncc(c1)Nc1ncc(Cl)c(n1)N2)C1CCNC1. The van der Waals surface area contributed by atoms with Gasteiger partial charge in [-0.15, -0.1) is 0 Å². The Labute approximate surface area is 197 Å². The molecule has 1 atom stereocenters. The summed E-state index contributed by atoms with van der Waals surface area (Å²) in [5.74, 6) is 0.919. The second-order valence-corrected chi connectivity index (χ2v) is 8.69. The number of hydrogen-bond acceptors (Lipinski definition) is 7. The number of amides is 2. The lowest BCUT2D eigenvalue weighted by atomic mass is 10.0. The molecule has 170 valence electrons. The third kappa shape index (κ3) is 4.84. The van der Waals surface area contributed by atoms with Crippen LogP contribution in [0.3, 0.4) is 0 Å². The lowest BCUT2D eigenvalue weighted by Crippen LogP contribution is -2.41. The van der Waals surface area contributed by atoms with Gasteiger partial charge in [0.05, 0.1) is 18.1 Å². The molecule has 1 aromatic carbocycles. The number of anilines is 5. The number of halogens is 1. The highest BCUT2D eigenvalue weighted by molar-refractivity contribution is 6.32. The van der Waals surface area contributed by atoms with Gasteiger partial charge in [-0.2, -0.15) is 4.98 Å². The number of hydrogen-bond donors (Lipinski definition) is 4. The Morgan fingerprint density at radius 2 is 2.06 bits per heavy atom. The maximum Gasteiger partial charge on any atom is 0.321 e. The van der Waals surface area contributed by atoms with Crippen LogP contribution in [0.2, 0.25) is 5.02 Å². The zero-order chi connectivity index (χ0) is 22.8. The van der Waals surface area contributed by atoms with E-state index in [9.17, 15) is 4.79 Å². The van der Waals surface area contributed by atoms with Crippen LogP contribution in [0.5, 0.6) is 0 Å². The van der Waals surface area contributed by atoms with E-state index < -0.39 is 0 Å². The smallest absolute Gasteiger partial charge is 0.321 e. The van der Waals surface area contributed by atoms with Crippen molar-refractivity contribution in [2.24, 2.45) is 0 Å². The first-order chi connectivity index (χ1) is 16.0. The molecule has 1 fully saturated rings. The van der Waals surface area contributed by atoms with Crippen molar-refractivity contribution in [3.8, 4) is 0 Å². The fourth-order valence-corrected chi connectivity index (χ4v) is 4.23. The molecule has 0 aliphatic carbocycles. The fourth-order valence-electron chi connectivity index (χ4n) is 4.09. The van der Waals surface area contributed by atoms with Gasteiger partial charge in [0.1, 0.15) is 5.02 Å². The minimum absolute atomic E-state index is 0.111. The second kappa shape index (κ2) is 9.21. The Morgan fingerprint density at radius 1 is 1.15 bits per heavy atom. The van der Waals surface area contributed by atoms with Crippen LogP contribution in [0.4, 0.5) is 33.6 Å².